The fourth-order valence-corrected chi connectivity index (χ4v) is 6.54. The topological polar surface area (TPSA) is 67.4 Å². The molecule has 7 heteroatoms. The molecule has 0 aromatic carbocycles. The van der Waals surface area contributed by atoms with Gasteiger partial charge < -0.3 is 10.1 Å². The van der Waals surface area contributed by atoms with Gasteiger partial charge in [-0.1, -0.05) is 0 Å². The molecule has 3 aliphatic rings. The lowest BCUT2D eigenvalue weighted by Crippen LogP contribution is -2.63. The van der Waals surface area contributed by atoms with Crippen LogP contribution in [0.3, 0.4) is 0 Å². The summed E-state index contributed by atoms with van der Waals surface area (Å²) in [5, 5.41) is 7.82. The average Bonchev–Trinajstić information content (AvgIpc) is 3.07. The Morgan fingerprint density at radius 3 is 2.54 bits per heavy atom. The summed E-state index contributed by atoms with van der Waals surface area (Å²) in [6.07, 6.45) is 7.65. The molecule has 2 N–H and O–H groups in total. The van der Waals surface area contributed by atoms with Crippen molar-refractivity contribution < 1.29 is 13.2 Å². The Morgan fingerprint density at radius 1 is 1.17 bits per heavy atom. The summed E-state index contributed by atoms with van der Waals surface area (Å²) >= 11 is 2.03. The molecule has 1 saturated carbocycles. The molecular weight excluding hydrogens is 344 g/mol. The van der Waals surface area contributed by atoms with Crippen molar-refractivity contribution in [2.45, 2.75) is 74.3 Å². The van der Waals surface area contributed by atoms with Crippen LogP contribution in [0.25, 0.3) is 0 Å². The van der Waals surface area contributed by atoms with Gasteiger partial charge in [0.15, 0.2) is 0 Å². The fourth-order valence-electron chi connectivity index (χ4n) is 4.24. The zero-order chi connectivity index (χ0) is 17.2. The van der Waals surface area contributed by atoms with Crippen molar-refractivity contribution in [1.82, 2.24) is 10.6 Å². The van der Waals surface area contributed by atoms with Gasteiger partial charge in [0.05, 0.1) is 11.9 Å². The molecule has 2 heterocycles. The summed E-state index contributed by atoms with van der Waals surface area (Å²) in [7, 11) is -2.88. The zero-order valence-corrected chi connectivity index (χ0v) is 16.5. The van der Waals surface area contributed by atoms with Crippen LogP contribution in [0.1, 0.15) is 45.4 Å². The molecule has 2 aliphatic heterocycles. The van der Waals surface area contributed by atoms with Gasteiger partial charge in [0.1, 0.15) is 16.1 Å². The van der Waals surface area contributed by atoms with E-state index in [1.165, 1.54) is 24.9 Å². The van der Waals surface area contributed by atoms with E-state index in [0.717, 1.165) is 38.8 Å². The normalized spacial score (nSPS) is 41.4. The van der Waals surface area contributed by atoms with Gasteiger partial charge in [0.25, 0.3) is 0 Å². The fraction of sp³-hybridized carbons (Fsp3) is 1.00. The summed E-state index contributed by atoms with van der Waals surface area (Å²) in [6, 6.07) is 0.711. The first kappa shape index (κ1) is 19.0. The zero-order valence-electron chi connectivity index (χ0n) is 14.9. The third-order valence-electron chi connectivity index (χ3n) is 5.87. The van der Waals surface area contributed by atoms with Gasteiger partial charge in [-0.05, 0) is 57.1 Å². The Labute approximate surface area is 151 Å². The summed E-state index contributed by atoms with van der Waals surface area (Å²) in [5.41, 5.74) is 0. The van der Waals surface area contributed by atoms with Gasteiger partial charge in [-0.3, -0.25) is 5.32 Å². The predicted octanol–water partition coefficient (Wildman–Crippen LogP) is 1.78. The summed E-state index contributed by atoms with van der Waals surface area (Å²) in [4.78, 5) is 0. The van der Waals surface area contributed by atoms with E-state index >= 15 is 0 Å². The highest BCUT2D eigenvalue weighted by Gasteiger charge is 2.36. The molecule has 2 saturated heterocycles. The highest BCUT2D eigenvalue weighted by Crippen LogP contribution is 2.31. The van der Waals surface area contributed by atoms with Gasteiger partial charge >= 0.3 is 0 Å². The number of ether oxygens (including phenoxy) is 1. The monoisotopic (exact) mass is 376 g/mol. The molecule has 5 nitrogen and oxygen atoms in total. The van der Waals surface area contributed by atoms with E-state index in [0.29, 0.717) is 23.3 Å². The lowest BCUT2D eigenvalue weighted by molar-refractivity contribution is -0.0238. The van der Waals surface area contributed by atoms with Crippen molar-refractivity contribution in [2.75, 3.05) is 25.2 Å². The third-order valence-corrected chi connectivity index (χ3v) is 8.92. The largest absolute Gasteiger partial charge is 0.361 e. The van der Waals surface area contributed by atoms with Gasteiger partial charge in [0, 0.05) is 30.1 Å². The molecule has 0 amide bonds. The third kappa shape index (κ3) is 4.87. The minimum absolute atomic E-state index is 0.0672. The van der Waals surface area contributed by atoms with E-state index in [-0.39, 0.29) is 11.5 Å². The summed E-state index contributed by atoms with van der Waals surface area (Å²) in [5.74, 6) is 1.82. The number of sulfone groups is 1. The molecule has 3 rings (SSSR count). The highest BCUT2D eigenvalue weighted by molar-refractivity contribution is 8.00. The number of nitrogens with one attached hydrogen (secondary N) is 2. The standard InChI is InChI=1S/C17H32N2O3S2/c1-12-17(22-11-14-4-3-9-23-14)19-16(10-18-12)13-5-7-15(8-6-13)24(2,20)21/h12-19H,3-11H2,1-2H3. The Hall–Kier alpha value is 0.180. The van der Waals surface area contributed by atoms with Gasteiger partial charge in [-0.2, -0.15) is 11.8 Å². The van der Waals surface area contributed by atoms with E-state index in [1.807, 2.05) is 11.8 Å². The van der Waals surface area contributed by atoms with Crippen molar-refractivity contribution in [2.24, 2.45) is 5.92 Å². The van der Waals surface area contributed by atoms with E-state index in [9.17, 15) is 8.42 Å². The maximum atomic E-state index is 11.7. The smallest absolute Gasteiger partial charge is 0.150 e. The Balaban J connectivity index is 1.48. The first-order valence-electron chi connectivity index (χ1n) is 9.35. The van der Waals surface area contributed by atoms with E-state index in [2.05, 4.69) is 17.6 Å². The van der Waals surface area contributed by atoms with Crippen LogP contribution in [0.2, 0.25) is 0 Å². The molecule has 0 bridgehead atoms. The van der Waals surface area contributed by atoms with Crippen molar-refractivity contribution in [1.29, 1.82) is 0 Å². The summed E-state index contributed by atoms with van der Waals surface area (Å²) < 4.78 is 29.6. The van der Waals surface area contributed by atoms with Gasteiger partial charge in [-0.25, -0.2) is 8.42 Å². The highest BCUT2D eigenvalue weighted by atomic mass is 32.2. The summed E-state index contributed by atoms with van der Waals surface area (Å²) in [6.45, 7) is 3.96. The van der Waals surface area contributed by atoms with Crippen LogP contribution in [0, 0.1) is 5.92 Å². The van der Waals surface area contributed by atoms with Crippen molar-refractivity contribution >= 4 is 21.6 Å². The van der Waals surface area contributed by atoms with E-state index < -0.39 is 9.84 Å². The molecule has 0 spiro atoms. The van der Waals surface area contributed by atoms with Crippen molar-refractivity contribution in [3.8, 4) is 0 Å². The molecule has 4 atom stereocenters. The quantitative estimate of drug-likeness (QED) is 0.762. The molecule has 140 valence electrons. The predicted molar refractivity (Wildman–Crippen MR) is 100 cm³/mol. The molecular formula is C17H32N2O3S2. The van der Waals surface area contributed by atoms with Crippen LogP contribution in [0.5, 0.6) is 0 Å². The number of hydrogen-bond donors (Lipinski definition) is 2. The van der Waals surface area contributed by atoms with Crippen LogP contribution in [0.15, 0.2) is 0 Å². The first-order valence-corrected chi connectivity index (χ1v) is 12.4. The van der Waals surface area contributed by atoms with Gasteiger partial charge in [0.2, 0.25) is 0 Å². The Bertz CT molecular complexity index is 500. The molecule has 0 radical (unpaired) electrons. The van der Waals surface area contributed by atoms with Gasteiger partial charge in [-0.15, -0.1) is 0 Å². The maximum Gasteiger partial charge on any atom is 0.150 e. The Morgan fingerprint density at radius 2 is 1.92 bits per heavy atom. The minimum atomic E-state index is -2.88. The van der Waals surface area contributed by atoms with Crippen LogP contribution in [-0.2, 0) is 14.6 Å². The van der Waals surface area contributed by atoms with Crippen molar-refractivity contribution in [3.05, 3.63) is 0 Å². The SMILES string of the molecule is CC1NCC(C2CCC(S(C)(=O)=O)CC2)NC1OCC1CCCS1. The number of hydrogen-bond acceptors (Lipinski definition) is 6. The van der Waals surface area contributed by atoms with E-state index in [1.54, 1.807) is 0 Å². The molecule has 4 unspecified atom stereocenters. The van der Waals surface area contributed by atoms with Crippen LogP contribution >= 0.6 is 11.8 Å². The second-order valence-corrected chi connectivity index (χ2v) is 11.5. The molecule has 3 fully saturated rings. The molecule has 0 aromatic rings. The van der Waals surface area contributed by atoms with Crippen LogP contribution < -0.4 is 10.6 Å². The first-order chi connectivity index (χ1) is 11.4. The second kappa shape index (κ2) is 8.25. The van der Waals surface area contributed by atoms with Crippen LogP contribution in [0.4, 0.5) is 0 Å². The Kier molecular flexibility index (Phi) is 6.52. The minimum Gasteiger partial charge on any atom is -0.361 e. The van der Waals surface area contributed by atoms with E-state index in [4.69, 9.17) is 4.74 Å². The number of rotatable bonds is 5. The van der Waals surface area contributed by atoms with Crippen LogP contribution in [-0.4, -0.2) is 62.4 Å². The number of thioether (sulfide) groups is 1. The number of piperazine rings is 1. The lowest BCUT2D eigenvalue weighted by atomic mass is 9.82. The molecule has 24 heavy (non-hydrogen) atoms. The van der Waals surface area contributed by atoms with Crippen molar-refractivity contribution in [3.63, 3.8) is 0 Å². The second-order valence-electron chi connectivity index (χ2n) is 7.73. The maximum absolute atomic E-state index is 11.7. The molecule has 0 aromatic heterocycles. The lowest BCUT2D eigenvalue weighted by Gasteiger charge is -2.42. The average molecular weight is 377 g/mol. The molecule has 1 aliphatic carbocycles.